The maximum absolute atomic E-state index is 12.6. The Morgan fingerprint density at radius 2 is 1.96 bits per heavy atom. The quantitative estimate of drug-likeness (QED) is 0.531. The molecule has 1 aromatic carbocycles. The molecule has 0 radical (unpaired) electrons. The monoisotopic (exact) mass is 365 g/mol. The predicted octanol–water partition coefficient (Wildman–Crippen LogP) is 4.34. The van der Waals surface area contributed by atoms with Gasteiger partial charge in [-0.05, 0) is 38.0 Å². The van der Waals surface area contributed by atoms with Crippen molar-refractivity contribution in [3.63, 3.8) is 0 Å². The first-order chi connectivity index (χ1) is 11.5. The van der Waals surface area contributed by atoms with Crippen LogP contribution in [0, 0.1) is 5.92 Å². The zero-order valence-electron chi connectivity index (χ0n) is 14.5. The van der Waals surface area contributed by atoms with Gasteiger partial charge in [-0.2, -0.15) is 0 Å². The van der Waals surface area contributed by atoms with E-state index >= 15 is 0 Å². The molecule has 1 aliphatic heterocycles. The van der Waals surface area contributed by atoms with Gasteiger partial charge in [-0.3, -0.25) is 9.69 Å². The third-order valence-corrected chi connectivity index (χ3v) is 4.68. The second kappa shape index (κ2) is 8.53. The maximum Gasteiger partial charge on any atom is 0.266 e. The molecule has 0 bridgehead atoms. The Morgan fingerprint density at radius 3 is 2.58 bits per heavy atom. The highest BCUT2D eigenvalue weighted by atomic mass is 32.2. The third kappa shape index (κ3) is 4.51. The first-order valence-corrected chi connectivity index (χ1v) is 9.33. The molecule has 0 saturated carbocycles. The van der Waals surface area contributed by atoms with Gasteiger partial charge in [0.2, 0.25) is 0 Å². The second-order valence-corrected chi connectivity index (χ2v) is 7.43. The van der Waals surface area contributed by atoms with Crippen LogP contribution >= 0.6 is 24.0 Å². The summed E-state index contributed by atoms with van der Waals surface area (Å²) in [4.78, 5) is 14.9. The standard InChI is InChI=1S/C18H23NO3S2/c1-5-21-14-8-7-13(15(10-14)22-6-2)9-16-17(20)19(11-12(3)4)18(23)24-16/h7-10,12H,5-6,11H2,1-4H3. The van der Waals surface area contributed by atoms with E-state index in [4.69, 9.17) is 21.7 Å². The molecule has 4 nitrogen and oxygen atoms in total. The molecule has 130 valence electrons. The lowest BCUT2D eigenvalue weighted by atomic mass is 10.1. The Hall–Kier alpha value is -1.53. The summed E-state index contributed by atoms with van der Waals surface area (Å²) in [6.07, 6.45) is 1.85. The zero-order chi connectivity index (χ0) is 17.7. The van der Waals surface area contributed by atoms with Crippen molar-refractivity contribution >= 4 is 40.3 Å². The van der Waals surface area contributed by atoms with Gasteiger partial charge in [-0.25, -0.2) is 0 Å². The van der Waals surface area contributed by atoms with Gasteiger partial charge < -0.3 is 9.47 Å². The molecule has 0 aliphatic carbocycles. The van der Waals surface area contributed by atoms with Gasteiger partial charge in [0.1, 0.15) is 15.8 Å². The maximum atomic E-state index is 12.6. The molecule has 2 rings (SSSR count). The highest BCUT2D eigenvalue weighted by molar-refractivity contribution is 8.26. The van der Waals surface area contributed by atoms with Gasteiger partial charge in [0, 0.05) is 18.2 Å². The number of rotatable bonds is 7. The van der Waals surface area contributed by atoms with Gasteiger partial charge >= 0.3 is 0 Å². The van der Waals surface area contributed by atoms with Crippen molar-refractivity contribution < 1.29 is 14.3 Å². The topological polar surface area (TPSA) is 38.8 Å². The molecule has 1 saturated heterocycles. The Morgan fingerprint density at radius 1 is 1.25 bits per heavy atom. The average molecular weight is 366 g/mol. The van der Waals surface area contributed by atoms with E-state index in [2.05, 4.69) is 13.8 Å². The number of ether oxygens (including phenoxy) is 2. The number of thiocarbonyl (C=S) groups is 1. The average Bonchev–Trinajstić information content (AvgIpc) is 2.77. The number of carbonyl (C=O) groups is 1. The smallest absolute Gasteiger partial charge is 0.266 e. The molecular weight excluding hydrogens is 342 g/mol. The lowest BCUT2D eigenvalue weighted by Crippen LogP contribution is -2.31. The van der Waals surface area contributed by atoms with Crippen molar-refractivity contribution in [1.82, 2.24) is 4.90 Å². The molecule has 6 heteroatoms. The predicted molar refractivity (Wildman–Crippen MR) is 103 cm³/mol. The molecule has 0 atom stereocenters. The fourth-order valence-electron chi connectivity index (χ4n) is 2.33. The molecule has 1 aromatic rings. The Bertz CT molecular complexity index is 656. The number of hydrogen-bond donors (Lipinski definition) is 0. The largest absolute Gasteiger partial charge is 0.494 e. The molecule has 24 heavy (non-hydrogen) atoms. The summed E-state index contributed by atoms with van der Waals surface area (Å²) in [6.45, 7) is 9.80. The van der Waals surface area contributed by atoms with Crippen LogP contribution in [0.4, 0.5) is 0 Å². The van der Waals surface area contributed by atoms with Crippen molar-refractivity contribution in [3.05, 3.63) is 28.7 Å². The van der Waals surface area contributed by atoms with E-state index in [1.165, 1.54) is 11.8 Å². The zero-order valence-corrected chi connectivity index (χ0v) is 16.1. The van der Waals surface area contributed by atoms with Crippen molar-refractivity contribution in [1.29, 1.82) is 0 Å². The number of thioether (sulfide) groups is 1. The molecule has 1 heterocycles. The van der Waals surface area contributed by atoms with Crippen LogP contribution in [0.1, 0.15) is 33.3 Å². The van der Waals surface area contributed by atoms with Gasteiger partial charge in [-0.1, -0.05) is 37.8 Å². The molecular formula is C18H23NO3S2. The van der Waals surface area contributed by atoms with Gasteiger partial charge in [0.05, 0.1) is 18.1 Å². The molecule has 1 aliphatic rings. The number of nitrogens with zero attached hydrogens (tertiary/aromatic N) is 1. The van der Waals surface area contributed by atoms with Gasteiger partial charge in [-0.15, -0.1) is 0 Å². The molecule has 0 N–H and O–H groups in total. The molecule has 1 fully saturated rings. The molecule has 0 unspecified atom stereocenters. The van der Waals surface area contributed by atoms with Crippen LogP contribution < -0.4 is 9.47 Å². The van der Waals surface area contributed by atoms with Crippen molar-refractivity contribution in [2.24, 2.45) is 5.92 Å². The van der Waals surface area contributed by atoms with Crippen LogP contribution in [0.5, 0.6) is 11.5 Å². The molecule has 0 aromatic heterocycles. The molecule has 1 amide bonds. The first kappa shape index (κ1) is 18.8. The number of benzene rings is 1. The van der Waals surface area contributed by atoms with Crippen molar-refractivity contribution in [2.75, 3.05) is 19.8 Å². The summed E-state index contributed by atoms with van der Waals surface area (Å²) in [5, 5.41) is 0. The Kier molecular flexibility index (Phi) is 6.69. The number of amides is 1. The summed E-state index contributed by atoms with van der Waals surface area (Å²) >= 11 is 6.69. The minimum atomic E-state index is -0.0324. The van der Waals surface area contributed by atoms with Crippen LogP contribution in [0.2, 0.25) is 0 Å². The van der Waals surface area contributed by atoms with Crippen molar-refractivity contribution in [3.8, 4) is 11.5 Å². The van der Waals surface area contributed by atoms with Crippen molar-refractivity contribution in [2.45, 2.75) is 27.7 Å². The van der Waals surface area contributed by atoms with E-state index in [-0.39, 0.29) is 5.91 Å². The second-order valence-electron chi connectivity index (χ2n) is 5.75. The fourth-order valence-corrected chi connectivity index (χ4v) is 3.60. The van der Waals surface area contributed by atoms with Crippen LogP contribution in [-0.4, -0.2) is 34.9 Å². The van der Waals surface area contributed by atoms with E-state index in [9.17, 15) is 4.79 Å². The molecule has 0 spiro atoms. The third-order valence-electron chi connectivity index (χ3n) is 3.30. The summed E-state index contributed by atoms with van der Waals surface area (Å²) in [5.74, 6) is 1.80. The van der Waals surface area contributed by atoms with Gasteiger partial charge in [0.25, 0.3) is 5.91 Å². The van der Waals surface area contributed by atoms with E-state index in [1.54, 1.807) is 4.90 Å². The van der Waals surface area contributed by atoms with Gasteiger partial charge in [0.15, 0.2) is 0 Å². The highest BCUT2D eigenvalue weighted by Gasteiger charge is 2.32. The lowest BCUT2D eigenvalue weighted by Gasteiger charge is -2.16. The Labute approximate surface area is 153 Å². The minimum Gasteiger partial charge on any atom is -0.494 e. The summed E-state index contributed by atoms with van der Waals surface area (Å²) in [6, 6.07) is 5.64. The first-order valence-electron chi connectivity index (χ1n) is 8.11. The Balaban J connectivity index is 2.30. The summed E-state index contributed by atoms with van der Waals surface area (Å²) in [7, 11) is 0. The minimum absolute atomic E-state index is 0.0324. The van der Waals surface area contributed by atoms with Crippen LogP contribution in [0.15, 0.2) is 23.1 Å². The van der Waals surface area contributed by atoms with E-state index in [0.29, 0.717) is 40.7 Å². The summed E-state index contributed by atoms with van der Waals surface area (Å²) < 4.78 is 11.8. The lowest BCUT2D eigenvalue weighted by molar-refractivity contribution is -0.122. The van der Waals surface area contributed by atoms with E-state index < -0.39 is 0 Å². The SMILES string of the molecule is CCOc1ccc(C=C2SC(=S)N(CC(C)C)C2=O)c(OCC)c1. The van der Waals surface area contributed by atoms with E-state index in [1.807, 2.05) is 38.1 Å². The van der Waals surface area contributed by atoms with Crippen LogP contribution in [0.3, 0.4) is 0 Å². The fraction of sp³-hybridized carbons (Fsp3) is 0.444. The van der Waals surface area contributed by atoms with Crippen LogP contribution in [0.25, 0.3) is 6.08 Å². The normalized spacial score (nSPS) is 16.4. The van der Waals surface area contributed by atoms with Crippen LogP contribution in [-0.2, 0) is 4.79 Å². The highest BCUT2D eigenvalue weighted by Crippen LogP contribution is 2.35. The summed E-state index contributed by atoms with van der Waals surface area (Å²) in [5.41, 5.74) is 0.852. The number of carbonyl (C=O) groups excluding carboxylic acids is 1. The van der Waals surface area contributed by atoms with E-state index in [0.717, 1.165) is 11.3 Å². The number of hydrogen-bond acceptors (Lipinski definition) is 5.